The fraction of sp³-hybridized carbons (Fsp3) is 0.385. The van der Waals surface area contributed by atoms with E-state index in [2.05, 4.69) is 4.74 Å². The summed E-state index contributed by atoms with van der Waals surface area (Å²) in [5.41, 5.74) is -0.255. The van der Waals surface area contributed by atoms with Crippen LogP contribution in [0.4, 0.5) is 4.39 Å². The number of hydrogen-bond donors (Lipinski definition) is 0. The van der Waals surface area contributed by atoms with Gasteiger partial charge >= 0.3 is 5.97 Å². The Bertz CT molecular complexity index is 678. The van der Waals surface area contributed by atoms with Crippen LogP contribution in [0.3, 0.4) is 0 Å². The van der Waals surface area contributed by atoms with Crippen molar-refractivity contribution in [3.05, 3.63) is 29.6 Å². The zero-order chi connectivity index (χ0) is 15.6. The van der Waals surface area contributed by atoms with Crippen LogP contribution < -0.4 is 0 Å². The quantitative estimate of drug-likeness (QED) is 0.452. The van der Waals surface area contributed by atoms with Crippen molar-refractivity contribution in [3.8, 4) is 0 Å². The number of Topliss-reactive ketones (excluding diaryl/α,β-unsaturated/α-hetero) is 1. The fourth-order valence-corrected chi connectivity index (χ4v) is 3.26. The largest absolute Gasteiger partial charge is 0.460 e. The number of sulfone groups is 1. The molecule has 1 fully saturated rings. The molecule has 8 heteroatoms. The number of ether oxygens (including phenoxy) is 2. The van der Waals surface area contributed by atoms with Gasteiger partial charge in [-0.25, -0.2) is 17.6 Å². The second-order valence-corrected chi connectivity index (χ2v) is 6.60. The Morgan fingerprint density at radius 1 is 1.38 bits per heavy atom. The predicted octanol–water partition coefficient (Wildman–Crippen LogP) is 0.744. The minimum atomic E-state index is -3.83. The second kappa shape index (κ2) is 5.90. The molecule has 1 saturated heterocycles. The van der Waals surface area contributed by atoms with Crippen LogP contribution in [-0.4, -0.2) is 45.2 Å². The van der Waals surface area contributed by atoms with E-state index in [4.69, 9.17) is 4.74 Å². The van der Waals surface area contributed by atoms with Gasteiger partial charge in [-0.3, -0.25) is 4.79 Å². The lowest BCUT2D eigenvalue weighted by molar-refractivity contribution is -0.137. The first-order valence-corrected chi connectivity index (χ1v) is 7.75. The highest BCUT2D eigenvalue weighted by molar-refractivity contribution is 7.92. The van der Waals surface area contributed by atoms with E-state index in [0.717, 1.165) is 18.2 Å². The lowest BCUT2D eigenvalue weighted by atomic mass is 10.1. The number of carbonyl (C=O) groups excluding carboxylic acids is 2. The smallest absolute Gasteiger partial charge is 0.379 e. The first-order chi connectivity index (χ1) is 9.87. The van der Waals surface area contributed by atoms with Crippen LogP contribution in [0.1, 0.15) is 17.3 Å². The van der Waals surface area contributed by atoms with E-state index in [1.54, 1.807) is 0 Å². The van der Waals surface area contributed by atoms with Gasteiger partial charge in [0.1, 0.15) is 16.0 Å². The van der Waals surface area contributed by atoms with E-state index in [1.807, 2.05) is 0 Å². The van der Waals surface area contributed by atoms with Crippen LogP contribution in [0.5, 0.6) is 0 Å². The maximum Gasteiger partial charge on any atom is 0.379 e. The Balaban J connectivity index is 2.29. The average molecular weight is 316 g/mol. The van der Waals surface area contributed by atoms with E-state index in [0.29, 0.717) is 0 Å². The molecule has 6 nitrogen and oxygen atoms in total. The van der Waals surface area contributed by atoms with Crippen LogP contribution in [0.15, 0.2) is 23.1 Å². The summed E-state index contributed by atoms with van der Waals surface area (Å²) in [4.78, 5) is 22.4. The van der Waals surface area contributed by atoms with E-state index >= 15 is 0 Å². The minimum absolute atomic E-state index is 0.0151. The summed E-state index contributed by atoms with van der Waals surface area (Å²) in [6.07, 6.45) is 0. The van der Waals surface area contributed by atoms with Crippen LogP contribution in [-0.2, 0) is 24.1 Å². The molecule has 2 rings (SSSR count). The summed E-state index contributed by atoms with van der Waals surface area (Å²) in [5.74, 6) is -3.20. The number of halogens is 1. The van der Waals surface area contributed by atoms with Gasteiger partial charge in [-0.2, -0.15) is 0 Å². The Morgan fingerprint density at radius 2 is 2.05 bits per heavy atom. The van der Waals surface area contributed by atoms with Crippen molar-refractivity contribution in [1.82, 2.24) is 0 Å². The van der Waals surface area contributed by atoms with E-state index in [9.17, 15) is 22.4 Å². The van der Waals surface area contributed by atoms with Crippen molar-refractivity contribution in [2.24, 2.45) is 0 Å². The summed E-state index contributed by atoms with van der Waals surface area (Å²) in [7, 11) is -3.83. The van der Waals surface area contributed by atoms with E-state index < -0.39 is 37.6 Å². The molecule has 1 aliphatic heterocycles. The Hall–Kier alpha value is -1.80. The lowest BCUT2D eigenvalue weighted by Gasteiger charge is -2.25. The number of hydrogen-bond acceptors (Lipinski definition) is 6. The predicted molar refractivity (Wildman–Crippen MR) is 69.2 cm³/mol. The molecule has 1 aromatic carbocycles. The summed E-state index contributed by atoms with van der Waals surface area (Å²) < 4.78 is 47.4. The topological polar surface area (TPSA) is 86.7 Å². The monoisotopic (exact) mass is 316 g/mol. The third-order valence-electron chi connectivity index (χ3n) is 3.01. The van der Waals surface area contributed by atoms with Crippen LogP contribution in [0, 0.1) is 5.82 Å². The van der Waals surface area contributed by atoms with Crippen LogP contribution in [0.2, 0.25) is 0 Å². The number of benzene rings is 1. The molecule has 0 saturated carbocycles. The number of rotatable bonds is 5. The van der Waals surface area contributed by atoms with Gasteiger partial charge < -0.3 is 9.47 Å². The Morgan fingerprint density at radius 3 is 2.52 bits per heavy atom. The zero-order valence-electron chi connectivity index (χ0n) is 11.2. The molecule has 0 amide bonds. The molecule has 1 heterocycles. The van der Waals surface area contributed by atoms with Crippen molar-refractivity contribution in [3.63, 3.8) is 0 Å². The average Bonchev–Trinajstić information content (AvgIpc) is 2.34. The minimum Gasteiger partial charge on any atom is -0.460 e. The highest BCUT2D eigenvalue weighted by atomic mass is 32.2. The standard InChI is InChI=1S/C13H13FO6S/c1-2-20-13(16)12(15)8-3-4-11(10(14)5-8)21(17,18)9-6-19-7-9/h3-5,9H,2,6-7H2,1H3. The van der Waals surface area contributed by atoms with Crippen molar-refractivity contribution >= 4 is 21.6 Å². The highest BCUT2D eigenvalue weighted by Crippen LogP contribution is 2.24. The van der Waals surface area contributed by atoms with Gasteiger partial charge in [0, 0.05) is 5.56 Å². The summed E-state index contributed by atoms with van der Waals surface area (Å²) in [6.45, 7) is 1.58. The van der Waals surface area contributed by atoms with Gasteiger partial charge in [0.05, 0.1) is 19.8 Å². The molecule has 0 unspecified atom stereocenters. The molecular weight excluding hydrogens is 303 g/mol. The van der Waals surface area contributed by atoms with Crippen molar-refractivity contribution in [2.45, 2.75) is 17.1 Å². The Labute approximate surface area is 120 Å². The van der Waals surface area contributed by atoms with Gasteiger partial charge in [0.15, 0.2) is 9.84 Å². The van der Waals surface area contributed by atoms with E-state index in [1.165, 1.54) is 6.92 Å². The molecule has 0 spiro atoms. The van der Waals surface area contributed by atoms with Crippen LogP contribution >= 0.6 is 0 Å². The SMILES string of the molecule is CCOC(=O)C(=O)c1ccc(S(=O)(=O)C2COC2)c(F)c1. The lowest BCUT2D eigenvalue weighted by Crippen LogP contribution is -2.41. The molecule has 0 atom stereocenters. The second-order valence-electron chi connectivity index (χ2n) is 4.40. The van der Waals surface area contributed by atoms with Gasteiger partial charge in [0.2, 0.25) is 0 Å². The highest BCUT2D eigenvalue weighted by Gasteiger charge is 2.36. The third-order valence-corrected chi connectivity index (χ3v) is 5.10. The normalized spacial score (nSPS) is 15.3. The molecular formula is C13H13FO6S. The van der Waals surface area contributed by atoms with Crippen molar-refractivity contribution in [2.75, 3.05) is 19.8 Å². The summed E-state index contributed by atoms with van der Waals surface area (Å²) >= 11 is 0. The molecule has 1 aromatic rings. The molecule has 21 heavy (non-hydrogen) atoms. The fourth-order valence-electron chi connectivity index (χ4n) is 1.76. The van der Waals surface area contributed by atoms with Crippen LogP contribution in [0.25, 0.3) is 0 Å². The molecule has 0 aliphatic carbocycles. The Kier molecular flexibility index (Phi) is 4.38. The first-order valence-electron chi connectivity index (χ1n) is 6.20. The van der Waals surface area contributed by atoms with Crippen molar-refractivity contribution < 1.29 is 31.9 Å². The van der Waals surface area contributed by atoms with Gasteiger partial charge in [-0.05, 0) is 25.1 Å². The maximum absolute atomic E-state index is 14.0. The summed E-state index contributed by atoms with van der Waals surface area (Å²) in [6, 6.07) is 2.80. The summed E-state index contributed by atoms with van der Waals surface area (Å²) in [5, 5.41) is -0.779. The first kappa shape index (κ1) is 15.6. The number of carbonyl (C=O) groups is 2. The zero-order valence-corrected chi connectivity index (χ0v) is 12.0. The number of esters is 1. The number of ketones is 1. The molecule has 0 N–H and O–H groups in total. The maximum atomic E-state index is 14.0. The molecule has 114 valence electrons. The van der Waals surface area contributed by atoms with Gasteiger partial charge in [0.25, 0.3) is 5.78 Å². The molecule has 0 radical (unpaired) electrons. The van der Waals surface area contributed by atoms with Gasteiger partial charge in [-0.1, -0.05) is 0 Å². The van der Waals surface area contributed by atoms with Crippen molar-refractivity contribution in [1.29, 1.82) is 0 Å². The molecule has 0 aromatic heterocycles. The molecule has 1 aliphatic rings. The third kappa shape index (κ3) is 2.96. The van der Waals surface area contributed by atoms with E-state index in [-0.39, 0.29) is 25.4 Å². The molecule has 0 bridgehead atoms. The van der Waals surface area contributed by atoms with Gasteiger partial charge in [-0.15, -0.1) is 0 Å².